The molecule has 0 aromatic carbocycles. The summed E-state index contributed by atoms with van der Waals surface area (Å²) in [6, 6.07) is -0.229. The van der Waals surface area contributed by atoms with Gasteiger partial charge in [-0.2, -0.15) is 5.10 Å². The first kappa shape index (κ1) is 14.6. The quantitative estimate of drug-likeness (QED) is 0.867. The molecule has 0 bridgehead atoms. The van der Waals surface area contributed by atoms with E-state index < -0.39 is 0 Å². The van der Waals surface area contributed by atoms with Crippen LogP contribution in [0.25, 0.3) is 0 Å². The summed E-state index contributed by atoms with van der Waals surface area (Å²) in [6.45, 7) is 2.75. The van der Waals surface area contributed by atoms with E-state index in [0.717, 1.165) is 0 Å². The SMILES string of the molecule is CCc1nocc1C(=O)N[C@H]1COC[C@H]1Oc1cnn(C)c1. The molecular weight excluding hydrogens is 288 g/mol. The van der Waals surface area contributed by atoms with Gasteiger partial charge in [-0.05, 0) is 6.42 Å². The Kier molecular flexibility index (Phi) is 4.10. The molecule has 1 amide bonds. The lowest BCUT2D eigenvalue weighted by Crippen LogP contribution is -2.45. The average molecular weight is 306 g/mol. The van der Waals surface area contributed by atoms with Crippen LogP contribution < -0.4 is 10.1 Å². The lowest BCUT2D eigenvalue weighted by molar-refractivity contribution is 0.0902. The number of amides is 1. The van der Waals surface area contributed by atoms with E-state index in [-0.39, 0.29) is 18.1 Å². The van der Waals surface area contributed by atoms with E-state index in [1.807, 2.05) is 14.0 Å². The summed E-state index contributed by atoms with van der Waals surface area (Å²) < 4.78 is 17.8. The van der Waals surface area contributed by atoms with Crippen molar-refractivity contribution >= 4 is 5.91 Å². The van der Waals surface area contributed by atoms with Crippen LogP contribution in [-0.2, 0) is 18.2 Å². The van der Waals surface area contributed by atoms with Gasteiger partial charge in [0.2, 0.25) is 0 Å². The second-order valence-corrected chi connectivity index (χ2v) is 5.15. The molecule has 22 heavy (non-hydrogen) atoms. The van der Waals surface area contributed by atoms with Gasteiger partial charge in [-0.1, -0.05) is 12.1 Å². The fraction of sp³-hybridized carbons (Fsp3) is 0.500. The molecule has 2 atom stereocenters. The van der Waals surface area contributed by atoms with E-state index in [4.69, 9.17) is 14.0 Å². The van der Waals surface area contributed by atoms with Crippen LogP contribution in [0, 0.1) is 0 Å². The minimum atomic E-state index is -0.252. The molecule has 8 heteroatoms. The lowest BCUT2D eigenvalue weighted by atomic mass is 10.1. The van der Waals surface area contributed by atoms with Crippen molar-refractivity contribution in [3.63, 3.8) is 0 Å². The normalized spacial score (nSPS) is 21.0. The van der Waals surface area contributed by atoms with Crippen molar-refractivity contribution in [3.8, 4) is 5.75 Å². The Morgan fingerprint density at radius 1 is 1.55 bits per heavy atom. The van der Waals surface area contributed by atoms with E-state index in [9.17, 15) is 4.79 Å². The molecule has 1 N–H and O–H groups in total. The van der Waals surface area contributed by atoms with Crippen LogP contribution in [-0.4, -0.2) is 46.2 Å². The van der Waals surface area contributed by atoms with Crippen LogP contribution in [0.5, 0.6) is 5.75 Å². The first-order valence-corrected chi connectivity index (χ1v) is 7.14. The second-order valence-electron chi connectivity index (χ2n) is 5.15. The van der Waals surface area contributed by atoms with Gasteiger partial charge >= 0.3 is 0 Å². The summed E-state index contributed by atoms with van der Waals surface area (Å²) in [5, 5.41) is 10.8. The molecule has 0 spiro atoms. The van der Waals surface area contributed by atoms with Crippen molar-refractivity contribution in [2.45, 2.75) is 25.5 Å². The molecule has 2 aromatic rings. The third-order valence-corrected chi connectivity index (χ3v) is 3.54. The smallest absolute Gasteiger partial charge is 0.256 e. The van der Waals surface area contributed by atoms with Gasteiger partial charge in [-0.3, -0.25) is 9.48 Å². The van der Waals surface area contributed by atoms with Crippen LogP contribution in [0.1, 0.15) is 23.0 Å². The maximum Gasteiger partial charge on any atom is 0.256 e. The van der Waals surface area contributed by atoms with Crippen molar-refractivity contribution in [3.05, 3.63) is 29.9 Å². The van der Waals surface area contributed by atoms with Gasteiger partial charge in [-0.15, -0.1) is 0 Å². The molecule has 0 radical (unpaired) electrons. The van der Waals surface area contributed by atoms with Gasteiger partial charge in [0.05, 0.1) is 37.3 Å². The Balaban J connectivity index is 1.64. The van der Waals surface area contributed by atoms with E-state index in [1.54, 1.807) is 17.1 Å². The molecule has 1 aliphatic heterocycles. The molecule has 0 saturated carbocycles. The number of carbonyl (C=O) groups excluding carboxylic acids is 1. The summed E-state index contributed by atoms with van der Waals surface area (Å²) in [4.78, 5) is 12.3. The summed E-state index contributed by atoms with van der Waals surface area (Å²) in [7, 11) is 1.81. The number of aryl methyl sites for hydroxylation is 2. The summed E-state index contributed by atoms with van der Waals surface area (Å²) in [6.07, 6.45) is 5.15. The number of ether oxygens (including phenoxy) is 2. The number of hydrogen-bond donors (Lipinski definition) is 1. The van der Waals surface area contributed by atoms with Crippen LogP contribution in [0.3, 0.4) is 0 Å². The number of carbonyl (C=O) groups is 1. The van der Waals surface area contributed by atoms with Crippen molar-refractivity contribution in [2.24, 2.45) is 7.05 Å². The molecule has 3 rings (SSSR count). The topological polar surface area (TPSA) is 91.4 Å². The van der Waals surface area contributed by atoms with Gasteiger partial charge in [0.25, 0.3) is 5.91 Å². The summed E-state index contributed by atoms with van der Waals surface area (Å²) in [5.74, 6) is 0.421. The number of aromatic nitrogens is 3. The highest BCUT2D eigenvalue weighted by molar-refractivity contribution is 5.95. The predicted molar refractivity (Wildman–Crippen MR) is 75.6 cm³/mol. The van der Waals surface area contributed by atoms with Gasteiger partial charge in [-0.25, -0.2) is 0 Å². The number of hydrogen-bond acceptors (Lipinski definition) is 6. The Bertz CT molecular complexity index is 651. The van der Waals surface area contributed by atoms with Crippen molar-refractivity contribution in [2.75, 3.05) is 13.2 Å². The van der Waals surface area contributed by atoms with E-state index in [2.05, 4.69) is 15.6 Å². The third kappa shape index (κ3) is 2.96. The zero-order valence-corrected chi connectivity index (χ0v) is 12.5. The van der Waals surface area contributed by atoms with E-state index in [1.165, 1.54) is 6.26 Å². The summed E-state index contributed by atoms with van der Waals surface area (Å²) >= 11 is 0. The Morgan fingerprint density at radius 2 is 2.41 bits per heavy atom. The van der Waals surface area contributed by atoms with Crippen LogP contribution in [0.15, 0.2) is 23.2 Å². The number of rotatable bonds is 5. The largest absolute Gasteiger partial charge is 0.482 e. The van der Waals surface area contributed by atoms with Crippen LogP contribution in [0.4, 0.5) is 0 Å². The van der Waals surface area contributed by atoms with Crippen molar-refractivity contribution in [1.82, 2.24) is 20.3 Å². The minimum Gasteiger partial charge on any atom is -0.482 e. The molecule has 1 fully saturated rings. The van der Waals surface area contributed by atoms with Gasteiger partial charge in [0.1, 0.15) is 17.9 Å². The highest BCUT2D eigenvalue weighted by Gasteiger charge is 2.32. The molecule has 2 aromatic heterocycles. The first-order valence-electron chi connectivity index (χ1n) is 7.14. The molecule has 1 saturated heterocycles. The predicted octanol–water partition coefficient (Wildman–Crippen LogP) is 0.547. The van der Waals surface area contributed by atoms with Crippen molar-refractivity contribution < 1.29 is 18.8 Å². The fourth-order valence-corrected chi connectivity index (χ4v) is 2.37. The van der Waals surface area contributed by atoms with E-state index in [0.29, 0.717) is 36.6 Å². The highest BCUT2D eigenvalue weighted by Crippen LogP contribution is 2.17. The molecule has 118 valence electrons. The van der Waals surface area contributed by atoms with Gasteiger partial charge in [0, 0.05) is 7.05 Å². The molecule has 3 heterocycles. The number of nitrogens with one attached hydrogen (secondary N) is 1. The molecular formula is C14H18N4O4. The fourth-order valence-electron chi connectivity index (χ4n) is 2.37. The monoisotopic (exact) mass is 306 g/mol. The maximum atomic E-state index is 12.3. The molecule has 1 aliphatic rings. The zero-order valence-electron chi connectivity index (χ0n) is 12.5. The summed E-state index contributed by atoms with van der Waals surface area (Å²) in [5.41, 5.74) is 1.09. The maximum absolute atomic E-state index is 12.3. The van der Waals surface area contributed by atoms with E-state index >= 15 is 0 Å². The Hall–Kier alpha value is -2.35. The van der Waals surface area contributed by atoms with Gasteiger partial charge < -0.3 is 19.3 Å². The van der Waals surface area contributed by atoms with Crippen LogP contribution >= 0.6 is 0 Å². The third-order valence-electron chi connectivity index (χ3n) is 3.54. The Labute approximate surface area is 127 Å². The highest BCUT2D eigenvalue weighted by atomic mass is 16.5. The van der Waals surface area contributed by atoms with Crippen molar-refractivity contribution in [1.29, 1.82) is 0 Å². The standard InChI is InChI=1S/C14H18N4O4/c1-3-11-10(6-21-17-11)14(19)16-12-7-20-8-13(12)22-9-4-15-18(2)5-9/h4-6,12-13H,3,7-8H2,1-2H3,(H,16,19)/t12-,13+/m0/s1. The lowest BCUT2D eigenvalue weighted by Gasteiger charge is -2.19. The molecule has 0 aliphatic carbocycles. The Morgan fingerprint density at radius 3 is 3.14 bits per heavy atom. The zero-order chi connectivity index (χ0) is 15.5. The molecule has 0 unspecified atom stereocenters. The van der Waals surface area contributed by atoms with Gasteiger partial charge in [0.15, 0.2) is 5.75 Å². The molecule has 8 nitrogen and oxygen atoms in total. The minimum absolute atomic E-state index is 0.228. The number of nitrogens with zero attached hydrogens (tertiary/aromatic N) is 3. The first-order chi connectivity index (χ1) is 10.7. The second kappa shape index (κ2) is 6.18. The average Bonchev–Trinajstić information content (AvgIpc) is 3.21. The van der Waals surface area contributed by atoms with Crippen LogP contribution in [0.2, 0.25) is 0 Å².